The van der Waals surface area contributed by atoms with Gasteiger partial charge in [-0.15, -0.1) is 0 Å². The second kappa shape index (κ2) is 11.8. The van der Waals surface area contributed by atoms with Crippen molar-refractivity contribution in [1.82, 2.24) is 0 Å². The zero-order chi connectivity index (χ0) is 13.0. The molecule has 0 spiro atoms. The van der Waals surface area contributed by atoms with Crippen molar-refractivity contribution in [2.45, 2.75) is 6.92 Å². The van der Waals surface area contributed by atoms with E-state index in [0.717, 1.165) is 0 Å². The first kappa shape index (κ1) is 18.6. The third-order valence-corrected chi connectivity index (χ3v) is 0.366. The Balaban J connectivity index is -0.000000153. The van der Waals surface area contributed by atoms with E-state index >= 15 is 0 Å². The molecule has 0 aromatic rings. The van der Waals surface area contributed by atoms with E-state index in [-0.39, 0.29) is 6.61 Å². The summed E-state index contributed by atoms with van der Waals surface area (Å²) in [5.74, 6) is -7.30. The van der Waals surface area contributed by atoms with Crippen molar-refractivity contribution in [3.05, 3.63) is 0 Å². The van der Waals surface area contributed by atoms with Crippen LogP contribution in [0.3, 0.4) is 0 Å². The van der Waals surface area contributed by atoms with E-state index in [2.05, 4.69) is 0 Å². The highest BCUT2D eigenvalue weighted by Gasteiger charge is 2.04. The molecule has 0 aliphatic carbocycles. The van der Waals surface area contributed by atoms with Gasteiger partial charge in [0.2, 0.25) is 0 Å². The molecule has 0 saturated heterocycles. The van der Waals surface area contributed by atoms with Gasteiger partial charge in [0.1, 0.15) is 0 Å². The van der Waals surface area contributed by atoms with Crippen LogP contribution in [0.15, 0.2) is 0 Å². The van der Waals surface area contributed by atoms with Crippen LogP contribution < -0.4 is 0 Å². The van der Waals surface area contributed by atoms with Gasteiger partial charge in [0.25, 0.3) is 0 Å². The minimum absolute atomic E-state index is 0.250. The predicted molar refractivity (Wildman–Crippen MR) is 43.3 cm³/mol. The second-order valence-electron chi connectivity index (χ2n) is 1.54. The summed E-state index contributed by atoms with van der Waals surface area (Å²) in [5.41, 5.74) is 0. The van der Waals surface area contributed by atoms with E-state index in [1.807, 2.05) is 0 Å². The smallest absolute Gasteiger partial charge is 0.414 e. The summed E-state index contributed by atoms with van der Waals surface area (Å²) in [4.78, 5) is 36.4. The summed E-state index contributed by atoms with van der Waals surface area (Å²) in [5, 5.41) is 37.1. The number of hydrogen-bond donors (Lipinski definition) is 5. The molecule has 0 saturated carbocycles. The minimum atomic E-state index is -1.82. The van der Waals surface area contributed by atoms with Gasteiger partial charge in [-0.1, -0.05) is 0 Å². The van der Waals surface area contributed by atoms with Crippen molar-refractivity contribution >= 4 is 23.9 Å². The molecule has 0 aromatic carbocycles. The maximum absolute atomic E-state index is 9.10. The average molecular weight is 226 g/mol. The van der Waals surface area contributed by atoms with Crippen LogP contribution in [0.2, 0.25) is 0 Å². The third kappa shape index (κ3) is 33.6. The Labute approximate surface area is 83.2 Å². The van der Waals surface area contributed by atoms with E-state index in [1.54, 1.807) is 6.92 Å². The van der Waals surface area contributed by atoms with Crippen LogP contribution in [0.25, 0.3) is 0 Å². The monoisotopic (exact) mass is 226 g/mol. The minimum Gasteiger partial charge on any atom is -0.473 e. The molecule has 0 aromatic heterocycles. The maximum Gasteiger partial charge on any atom is 0.414 e. The van der Waals surface area contributed by atoms with Gasteiger partial charge in [0.05, 0.1) is 0 Å². The van der Waals surface area contributed by atoms with Crippen LogP contribution in [-0.4, -0.2) is 56.0 Å². The zero-order valence-electron chi connectivity index (χ0n) is 7.58. The highest BCUT2D eigenvalue weighted by atomic mass is 16.4. The standard InChI is InChI=1S/2C2H2O4.C2H6O/c2*3-1(4)2(5)6;1-2-3/h2*(H,3,4)(H,5,6);3H,2H2,1H3. The first-order valence-electron chi connectivity index (χ1n) is 3.23. The van der Waals surface area contributed by atoms with Crippen molar-refractivity contribution in [1.29, 1.82) is 0 Å². The fraction of sp³-hybridized carbons (Fsp3) is 0.333. The van der Waals surface area contributed by atoms with E-state index in [4.69, 9.17) is 44.7 Å². The van der Waals surface area contributed by atoms with Gasteiger partial charge in [0.15, 0.2) is 0 Å². The lowest BCUT2D eigenvalue weighted by atomic mass is 10.7. The van der Waals surface area contributed by atoms with Gasteiger partial charge in [-0.05, 0) is 6.92 Å². The predicted octanol–water partition coefficient (Wildman–Crippen LogP) is -1.69. The lowest BCUT2D eigenvalue weighted by molar-refractivity contribution is -0.159. The molecule has 5 N–H and O–H groups in total. The summed E-state index contributed by atoms with van der Waals surface area (Å²) < 4.78 is 0. The Bertz CT molecular complexity index is 183. The second-order valence-corrected chi connectivity index (χ2v) is 1.54. The molecule has 0 rings (SSSR count). The molecule has 0 bridgehead atoms. The fourth-order valence-corrected chi connectivity index (χ4v) is 0. The average Bonchev–Trinajstić information content (AvgIpc) is 2.06. The van der Waals surface area contributed by atoms with Gasteiger partial charge >= 0.3 is 23.9 Å². The number of carboxylic acids is 4. The molecule has 0 heterocycles. The van der Waals surface area contributed by atoms with Gasteiger partial charge in [-0.2, -0.15) is 0 Å². The Morgan fingerprint density at radius 2 is 0.800 bits per heavy atom. The molecular formula is C6H10O9. The largest absolute Gasteiger partial charge is 0.473 e. The van der Waals surface area contributed by atoms with Crippen LogP contribution in [0.5, 0.6) is 0 Å². The molecule has 0 aliphatic rings. The molecule has 0 aliphatic heterocycles. The van der Waals surface area contributed by atoms with Gasteiger partial charge in [0, 0.05) is 6.61 Å². The SMILES string of the molecule is CCO.O=C(O)C(=O)O.O=C(O)C(=O)O. The lowest BCUT2D eigenvalue weighted by Gasteiger charge is -1.72. The van der Waals surface area contributed by atoms with E-state index in [0.29, 0.717) is 0 Å². The zero-order valence-corrected chi connectivity index (χ0v) is 7.58. The number of aliphatic carboxylic acids is 4. The van der Waals surface area contributed by atoms with Crippen LogP contribution in [0.4, 0.5) is 0 Å². The van der Waals surface area contributed by atoms with Gasteiger partial charge < -0.3 is 25.5 Å². The molecule has 9 heteroatoms. The van der Waals surface area contributed by atoms with Crippen molar-refractivity contribution < 1.29 is 44.7 Å². The molecular weight excluding hydrogens is 216 g/mol. The molecule has 0 amide bonds. The Morgan fingerprint density at radius 3 is 0.800 bits per heavy atom. The lowest BCUT2D eigenvalue weighted by Crippen LogP contribution is -2.09. The van der Waals surface area contributed by atoms with Gasteiger partial charge in [-0.3, -0.25) is 0 Å². The molecule has 0 unspecified atom stereocenters. The number of rotatable bonds is 0. The van der Waals surface area contributed by atoms with Crippen LogP contribution in [-0.2, 0) is 19.2 Å². The Hall–Kier alpha value is -2.16. The summed E-state index contributed by atoms with van der Waals surface area (Å²) in [6.45, 7) is 1.93. The highest BCUT2D eigenvalue weighted by Crippen LogP contribution is 1.56. The summed E-state index contributed by atoms with van der Waals surface area (Å²) in [6.07, 6.45) is 0. The molecule has 0 fully saturated rings. The Kier molecular flexibility index (Phi) is 14.7. The first-order valence-corrected chi connectivity index (χ1v) is 3.23. The fourth-order valence-electron chi connectivity index (χ4n) is 0. The van der Waals surface area contributed by atoms with Crippen molar-refractivity contribution in [2.75, 3.05) is 6.61 Å². The third-order valence-electron chi connectivity index (χ3n) is 0.366. The van der Waals surface area contributed by atoms with Crippen molar-refractivity contribution in [2.24, 2.45) is 0 Å². The summed E-state index contributed by atoms with van der Waals surface area (Å²) in [7, 11) is 0. The van der Waals surface area contributed by atoms with E-state index in [1.165, 1.54) is 0 Å². The van der Waals surface area contributed by atoms with Crippen LogP contribution in [0.1, 0.15) is 6.92 Å². The number of hydrogen-bond acceptors (Lipinski definition) is 5. The van der Waals surface area contributed by atoms with Crippen molar-refractivity contribution in [3.8, 4) is 0 Å². The normalized spacial score (nSPS) is 7.07. The summed E-state index contributed by atoms with van der Waals surface area (Å²) >= 11 is 0. The van der Waals surface area contributed by atoms with Crippen LogP contribution >= 0.6 is 0 Å². The molecule has 9 nitrogen and oxygen atoms in total. The van der Waals surface area contributed by atoms with Crippen LogP contribution in [0, 0.1) is 0 Å². The number of carbonyl (C=O) groups is 4. The summed E-state index contributed by atoms with van der Waals surface area (Å²) in [6, 6.07) is 0. The topological polar surface area (TPSA) is 169 Å². The highest BCUT2D eigenvalue weighted by molar-refractivity contribution is 6.27. The van der Waals surface area contributed by atoms with Crippen molar-refractivity contribution in [3.63, 3.8) is 0 Å². The number of aliphatic hydroxyl groups is 1. The molecule has 0 radical (unpaired) electrons. The maximum atomic E-state index is 9.10. The van der Waals surface area contributed by atoms with E-state index in [9.17, 15) is 0 Å². The number of aliphatic hydroxyl groups excluding tert-OH is 1. The quantitative estimate of drug-likeness (QED) is 0.302. The van der Waals surface area contributed by atoms with Gasteiger partial charge in [-0.25, -0.2) is 19.2 Å². The number of carboxylic acid groups (broad SMARTS) is 4. The molecule has 15 heavy (non-hydrogen) atoms. The first-order chi connectivity index (χ1) is 6.70. The van der Waals surface area contributed by atoms with E-state index < -0.39 is 23.9 Å². The molecule has 0 atom stereocenters. The Morgan fingerprint density at radius 1 is 0.733 bits per heavy atom. The molecule has 88 valence electrons.